The van der Waals surface area contributed by atoms with Gasteiger partial charge in [0.05, 0.1) is 25.7 Å². The van der Waals surface area contributed by atoms with Crippen molar-refractivity contribution in [3.05, 3.63) is 18.2 Å². The zero-order valence-corrected chi connectivity index (χ0v) is 10.6. The highest BCUT2D eigenvalue weighted by Crippen LogP contribution is 2.32. The minimum Gasteiger partial charge on any atom is -0.490 e. The Morgan fingerprint density at radius 2 is 2.11 bits per heavy atom. The molecule has 4 heteroatoms. The van der Waals surface area contributed by atoms with Crippen LogP contribution < -0.4 is 14.8 Å². The highest BCUT2D eigenvalue weighted by atomic mass is 16.5. The first-order chi connectivity index (χ1) is 8.83. The van der Waals surface area contributed by atoms with Crippen LogP contribution in [0, 0.1) is 11.3 Å². The fourth-order valence-electron chi connectivity index (χ4n) is 1.90. The van der Waals surface area contributed by atoms with Crippen molar-refractivity contribution in [3.63, 3.8) is 0 Å². The highest BCUT2D eigenvalue weighted by Gasteiger charge is 2.12. The van der Waals surface area contributed by atoms with Gasteiger partial charge in [-0.05, 0) is 18.6 Å². The van der Waals surface area contributed by atoms with E-state index in [9.17, 15) is 0 Å². The summed E-state index contributed by atoms with van der Waals surface area (Å²) in [5, 5.41) is 12.1. The van der Waals surface area contributed by atoms with Crippen LogP contribution in [0.3, 0.4) is 0 Å². The van der Waals surface area contributed by atoms with Gasteiger partial charge < -0.3 is 14.8 Å². The minimum atomic E-state index is 0.180. The van der Waals surface area contributed by atoms with Gasteiger partial charge in [-0.25, -0.2) is 0 Å². The first kappa shape index (κ1) is 12.6. The smallest absolute Gasteiger partial charge is 0.163 e. The van der Waals surface area contributed by atoms with Gasteiger partial charge in [-0.15, -0.1) is 0 Å². The molecule has 96 valence electrons. The first-order valence-corrected chi connectivity index (χ1v) is 6.36. The Morgan fingerprint density at radius 1 is 1.33 bits per heavy atom. The molecule has 0 aromatic heterocycles. The Kier molecular flexibility index (Phi) is 4.30. The fourth-order valence-corrected chi connectivity index (χ4v) is 1.90. The second-order valence-corrected chi connectivity index (χ2v) is 4.32. The number of nitrogens with zero attached hydrogens (tertiary/aromatic N) is 1. The lowest BCUT2D eigenvalue weighted by Crippen LogP contribution is -2.17. The molecule has 18 heavy (non-hydrogen) atoms. The van der Waals surface area contributed by atoms with Crippen LogP contribution in [0.5, 0.6) is 11.5 Å². The molecule has 0 saturated heterocycles. The van der Waals surface area contributed by atoms with E-state index in [-0.39, 0.29) is 6.04 Å². The van der Waals surface area contributed by atoms with Crippen molar-refractivity contribution >= 4 is 5.69 Å². The Balaban J connectivity index is 2.10. The third kappa shape index (κ3) is 3.07. The molecule has 1 heterocycles. The van der Waals surface area contributed by atoms with Crippen molar-refractivity contribution in [2.24, 2.45) is 0 Å². The molecule has 0 saturated carbocycles. The number of anilines is 1. The van der Waals surface area contributed by atoms with Crippen molar-refractivity contribution < 1.29 is 9.47 Å². The Hall–Kier alpha value is -1.89. The monoisotopic (exact) mass is 246 g/mol. The lowest BCUT2D eigenvalue weighted by atomic mass is 10.1. The molecular formula is C14H18N2O2. The third-order valence-electron chi connectivity index (χ3n) is 2.95. The summed E-state index contributed by atoms with van der Waals surface area (Å²) in [6, 6.07) is 8.20. The number of benzene rings is 1. The van der Waals surface area contributed by atoms with E-state index in [1.807, 2.05) is 18.2 Å². The van der Waals surface area contributed by atoms with Gasteiger partial charge in [0, 0.05) is 24.2 Å². The molecule has 1 aliphatic heterocycles. The van der Waals surface area contributed by atoms with Crippen LogP contribution in [0.1, 0.15) is 26.2 Å². The van der Waals surface area contributed by atoms with Gasteiger partial charge in [0.25, 0.3) is 0 Å². The van der Waals surface area contributed by atoms with Crippen molar-refractivity contribution in [2.45, 2.75) is 32.2 Å². The van der Waals surface area contributed by atoms with E-state index in [4.69, 9.17) is 14.7 Å². The lowest BCUT2D eigenvalue weighted by molar-refractivity contribution is 0.297. The minimum absolute atomic E-state index is 0.180. The number of ether oxygens (including phenoxy) is 2. The molecule has 0 fully saturated rings. The molecule has 0 spiro atoms. The van der Waals surface area contributed by atoms with Gasteiger partial charge in [-0.3, -0.25) is 0 Å². The summed E-state index contributed by atoms with van der Waals surface area (Å²) in [5.74, 6) is 1.58. The largest absolute Gasteiger partial charge is 0.490 e. The SMILES string of the molecule is CCC(CC#N)Nc1ccc2c(c1)OCCCO2. The lowest BCUT2D eigenvalue weighted by Gasteiger charge is -2.16. The topological polar surface area (TPSA) is 54.3 Å². The average Bonchev–Trinajstić information content (AvgIpc) is 2.63. The third-order valence-corrected chi connectivity index (χ3v) is 2.95. The summed E-state index contributed by atoms with van der Waals surface area (Å²) in [5.41, 5.74) is 0.973. The van der Waals surface area contributed by atoms with E-state index >= 15 is 0 Å². The van der Waals surface area contributed by atoms with Crippen LogP contribution in [0.15, 0.2) is 18.2 Å². The molecule has 0 aliphatic carbocycles. The molecule has 2 rings (SSSR count). The second-order valence-electron chi connectivity index (χ2n) is 4.32. The van der Waals surface area contributed by atoms with Crippen molar-refractivity contribution in [1.29, 1.82) is 5.26 Å². The Labute approximate surface area is 108 Å². The maximum Gasteiger partial charge on any atom is 0.163 e. The summed E-state index contributed by atoms with van der Waals surface area (Å²) in [7, 11) is 0. The molecule has 0 bridgehead atoms. The summed E-state index contributed by atoms with van der Waals surface area (Å²) in [6.07, 6.45) is 2.33. The number of nitrogens with one attached hydrogen (secondary N) is 1. The molecule has 1 aliphatic rings. The Bertz CT molecular complexity index is 440. The van der Waals surface area contributed by atoms with E-state index in [0.717, 1.165) is 30.0 Å². The first-order valence-electron chi connectivity index (χ1n) is 6.36. The van der Waals surface area contributed by atoms with Crippen LogP contribution in [-0.2, 0) is 0 Å². The van der Waals surface area contributed by atoms with E-state index in [0.29, 0.717) is 19.6 Å². The quantitative estimate of drug-likeness (QED) is 0.887. The summed E-state index contributed by atoms with van der Waals surface area (Å²) in [4.78, 5) is 0. The van der Waals surface area contributed by atoms with Gasteiger partial charge in [-0.2, -0.15) is 5.26 Å². The van der Waals surface area contributed by atoms with E-state index in [1.165, 1.54) is 0 Å². The van der Waals surface area contributed by atoms with Gasteiger partial charge in [0.1, 0.15) is 0 Å². The zero-order chi connectivity index (χ0) is 12.8. The van der Waals surface area contributed by atoms with Crippen LogP contribution in [0.25, 0.3) is 0 Å². The van der Waals surface area contributed by atoms with Crippen LogP contribution in [0.2, 0.25) is 0 Å². The maximum atomic E-state index is 8.74. The molecule has 1 aromatic rings. The molecule has 1 aromatic carbocycles. The predicted molar refractivity (Wildman–Crippen MR) is 70.0 cm³/mol. The molecular weight excluding hydrogens is 228 g/mol. The van der Waals surface area contributed by atoms with E-state index in [2.05, 4.69) is 18.3 Å². The average molecular weight is 246 g/mol. The molecule has 0 radical (unpaired) electrons. The van der Waals surface area contributed by atoms with Gasteiger partial charge in [-0.1, -0.05) is 6.92 Å². The van der Waals surface area contributed by atoms with Crippen LogP contribution in [-0.4, -0.2) is 19.3 Å². The van der Waals surface area contributed by atoms with Crippen molar-refractivity contribution in [3.8, 4) is 17.6 Å². The summed E-state index contributed by atoms with van der Waals surface area (Å²) >= 11 is 0. The fraction of sp³-hybridized carbons (Fsp3) is 0.500. The number of rotatable bonds is 4. The summed E-state index contributed by atoms with van der Waals surface area (Å²) in [6.45, 7) is 3.45. The standard InChI is InChI=1S/C14H18N2O2/c1-2-11(6-7-15)16-12-4-5-13-14(10-12)18-9-3-8-17-13/h4-5,10-11,16H,2-3,6,8-9H2,1H3. The van der Waals surface area contributed by atoms with Crippen LogP contribution >= 0.6 is 0 Å². The highest BCUT2D eigenvalue weighted by molar-refractivity contribution is 5.55. The van der Waals surface area contributed by atoms with Gasteiger partial charge >= 0.3 is 0 Å². The number of fused-ring (bicyclic) bond motifs is 1. The Morgan fingerprint density at radius 3 is 2.83 bits per heavy atom. The normalized spacial score (nSPS) is 15.3. The summed E-state index contributed by atoms with van der Waals surface area (Å²) < 4.78 is 11.2. The second kappa shape index (κ2) is 6.15. The zero-order valence-electron chi connectivity index (χ0n) is 10.6. The van der Waals surface area contributed by atoms with Crippen LogP contribution in [0.4, 0.5) is 5.69 Å². The molecule has 1 atom stereocenters. The molecule has 4 nitrogen and oxygen atoms in total. The van der Waals surface area contributed by atoms with Crippen molar-refractivity contribution in [1.82, 2.24) is 0 Å². The van der Waals surface area contributed by atoms with Gasteiger partial charge in [0.15, 0.2) is 11.5 Å². The van der Waals surface area contributed by atoms with Crippen molar-refractivity contribution in [2.75, 3.05) is 18.5 Å². The predicted octanol–water partition coefficient (Wildman–Crippen LogP) is 2.95. The van der Waals surface area contributed by atoms with E-state index in [1.54, 1.807) is 0 Å². The molecule has 1 N–H and O–H groups in total. The number of hydrogen-bond donors (Lipinski definition) is 1. The number of nitriles is 1. The molecule has 0 amide bonds. The number of hydrogen-bond acceptors (Lipinski definition) is 4. The van der Waals surface area contributed by atoms with E-state index < -0.39 is 0 Å². The maximum absolute atomic E-state index is 8.74. The molecule has 1 unspecified atom stereocenters. The van der Waals surface area contributed by atoms with Gasteiger partial charge in [0.2, 0.25) is 0 Å².